The Hall–Kier alpha value is -3.66. The Morgan fingerprint density at radius 2 is 1.41 bits per heavy atom. The second kappa shape index (κ2) is 12.9. The minimum absolute atomic E-state index is 0. The topological polar surface area (TPSA) is 113 Å². The van der Waals surface area contributed by atoms with Crippen molar-refractivity contribution in [2.24, 2.45) is 0 Å². The molecule has 0 amide bonds. The maximum absolute atomic E-state index is 14.0. The van der Waals surface area contributed by atoms with Crippen molar-refractivity contribution in [2.45, 2.75) is 13.3 Å². The standard InChI is InChI=1S/C29H28O9.Na/c1-16-10-19(7-8-21(16)33-2)27(30)20(11-17-12-24(34-3)28(36-5)25(13-17)35-4)26(29(31)32)18-6-9-22-23(14-18)38-15-37-22;/h6-10,12-14H,11,15H2,1-5H3,(H,31,32);/q;+1/p-1/b26-20-;. The summed E-state index contributed by atoms with van der Waals surface area (Å²) < 4.78 is 32.4. The Morgan fingerprint density at radius 1 is 0.795 bits per heavy atom. The van der Waals surface area contributed by atoms with E-state index in [9.17, 15) is 14.7 Å². The summed E-state index contributed by atoms with van der Waals surface area (Å²) in [5, 5.41) is 12.6. The molecule has 0 aromatic heterocycles. The first-order valence-electron chi connectivity index (χ1n) is 11.6. The van der Waals surface area contributed by atoms with E-state index in [1.54, 1.807) is 49.4 Å². The van der Waals surface area contributed by atoms with Crippen molar-refractivity contribution in [2.75, 3.05) is 35.2 Å². The van der Waals surface area contributed by atoms with Gasteiger partial charge in [0.05, 0.1) is 34.4 Å². The third-order valence-electron chi connectivity index (χ3n) is 6.20. The number of hydrogen-bond donors (Lipinski definition) is 0. The van der Waals surface area contributed by atoms with Gasteiger partial charge in [-0.05, 0) is 66.1 Å². The van der Waals surface area contributed by atoms with E-state index in [2.05, 4.69) is 0 Å². The van der Waals surface area contributed by atoms with Crippen molar-refractivity contribution in [3.8, 4) is 34.5 Å². The fraction of sp³-hybridized carbons (Fsp3) is 0.241. The maximum atomic E-state index is 14.0. The summed E-state index contributed by atoms with van der Waals surface area (Å²) in [5.41, 5.74) is 1.56. The molecule has 1 aliphatic rings. The van der Waals surface area contributed by atoms with Crippen LogP contribution in [0.3, 0.4) is 0 Å². The number of ether oxygens (including phenoxy) is 6. The van der Waals surface area contributed by atoms with Crippen LogP contribution in [0.2, 0.25) is 0 Å². The van der Waals surface area contributed by atoms with Crippen molar-refractivity contribution in [3.63, 3.8) is 0 Å². The smallest absolute Gasteiger partial charge is 0.545 e. The first-order valence-corrected chi connectivity index (χ1v) is 11.6. The van der Waals surface area contributed by atoms with Crippen LogP contribution in [0, 0.1) is 6.92 Å². The van der Waals surface area contributed by atoms with Crippen LogP contribution in [-0.2, 0) is 11.2 Å². The zero-order chi connectivity index (χ0) is 27.4. The van der Waals surface area contributed by atoms with Crippen LogP contribution < -0.4 is 63.1 Å². The zero-order valence-electron chi connectivity index (χ0n) is 22.7. The molecule has 0 fully saturated rings. The van der Waals surface area contributed by atoms with Gasteiger partial charge in [0, 0.05) is 23.1 Å². The van der Waals surface area contributed by atoms with Crippen LogP contribution in [0.15, 0.2) is 54.1 Å². The second-order valence-corrected chi connectivity index (χ2v) is 8.43. The monoisotopic (exact) mass is 542 g/mol. The van der Waals surface area contributed by atoms with Crippen LogP contribution in [0.25, 0.3) is 5.57 Å². The van der Waals surface area contributed by atoms with Crippen LogP contribution in [0.5, 0.6) is 34.5 Å². The van der Waals surface area contributed by atoms with E-state index in [-0.39, 0.29) is 59.5 Å². The molecule has 0 aliphatic carbocycles. The average Bonchev–Trinajstić information content (AvgIpc) is 3.39. The number of rotatable bonds is 10. The molecule has 39 heavy (non-hydrogen) atoms. The molecule has 0 radical (unpaired) electrons. The molecule has 3 aromatic rings. The third kappa shape index (κ3) is 6.16. The van der Waals surface area contributed by atoms with Crippen LogP contribution in [0.4, 0.5) is 0 Å². The summed E-state index contributed by atoms with van der Waals surface area (Å²) in [6, 6.07) is 12.9. The molecule has 0 bridgehead atoms. The second-order valence-electron chi connectivity index (χ2n) is 8.43. The summed E-state index contributed by atoms with van der Waals surface area (Å²) in [6.45, 7) is 1.82. The Balaban J connectivity index is 0.00000420. The van der Waals surface area contributed by atoms with Crippen molar-refractivity contribution in [1.29, 1.82) is 0 Å². The molecule has 4 rings (SSSR count). The number of fused-ring (bicyclic) bond motifs is 1. The Labute approximate surface area is 248 Å². The van der Waals surface area contributed by atoms with Gasteiger partial charge in [-0.25, -0.2) is 0 Å². The normalized spacial score (nSPS) is 12.1. The molecule has 9 nitrogen and oxygen atoms in total. The summed E-state index contributed by atoms with van der Waals surface area (Å²) >= 11 is 0. The van der Waals surface area contributed by atoms with Gasteiger partial charge >= 0.3 is 29.6 Å². The molecular weight excluding hydrogens is 515 g/mol. The Morgan fingerprint density at radius 3 is 1.97 bits per heavy atom. The minimum atomic E-state index is -1.51. The van der Waals surface area contributed by atoms with Gasteiger partial charge < -0.3 is 38.3 Å². The molecular formula is C29H27NaO9. The molecule has 3 aromatic carbocycles. The number of benzene rings is 3. The number of carbonyl (C=O) groups is 2. The Bertz CT molecular complexity index is 1400. The third-order valence-corrected chi connectivity index (χ3v) is 6.20. The quantitative estimate of drug-likeness (QED) is 0.204. The van der Waals surface area contributed by atoms with Gasteiger partial charge in [-0.3, -0.25) is 4.79 Å². The first kappa shape index (κ1) is 29.9. The van der Waals surface area contributed by atoms with E-state index in [1.807, 2.05) is 0 Å². The summed E-state index contributed by atoms with van der Waals surface area (Å²) in [6.07, 6.45) is -0.0711. The molecule has 1 aliphatic heterocycles. The minimum Gasteiger partial charge on any atom is -0.545 e. The van der Waals surface area contributed by atoms with Crippen molar-refractivity contribution >= 4 is 17.3 Å². The number of Topliss-reactive ketones (excluding diaryl/α,β-unsaturated/α-hetero) is 1. The molecule has 0 atom stereocenters. The molecule has 0 spiro atoms. The molecule has 0 saturated heterocycles. The predicted octanol–water partition coefficient (Wildman–Crippen LogP) is 0.391. The summed E-state index contributed by atoms with van der Waals surface area (Å²) in [5.74, 6) is 0.575. The van der Waals surface area contributed by atoms with Crippen molar-refractivity contribution in [3.05, 3.63) is 76.4 Å². The van der Waals surface area contributed by atoms with Gasteiger partial charge in [0.1, 0.15) is 5.75 Å². The molecule has 1 heterocycles. The fourth-order valence-corrected chi connectivity index (χ4v) is 4.39. The largest absolute Gasteiger partial charge is 1.00 e. The molecule has 0 saturated carbocycles. The van der Waals surface area contributed by atoms with E-state index < -0.39 is 11.8 Å². The number of carbonyl (C=O) groups excluding carboxylic acids is 2. The fourth-order valence-electron chi connectivity index (χ4n) is 4.39. The number of aliphatic carboxylic acids is 1. The van der Waals surface area contributed by atoms with Crippen LogP contribution in [-0.4, -0.2) is 47.0 Å². The summed E-state index contributed by atoms with van der Waals surface area (Å²) in [7, 11) is 5.97. The zero-order valence-corrected chi connectivity index (χ0v) is 24.7. The van der Waals surface area contributed by atoms with E-state index >= 15 is 0 Å². The van der Waals surface area contributed by atoms with E-state index in [1.165, 1.54) is 34.5 Å². The molecule has 10 heteroatoms. The van der Waals surface area contributed by atoms with Gasteiger partial charge in [-0.1, -0.05) is 6.07 Å². The van der Waals surface area contributed by atoms with Gasteiger partial charge in [-0.2, -0.15) is 0 Å². The van der Waals surface area contributed by atoms with Gasteiger partial charge in [0.15, 0.2) is 28.8 Å². The van der Waals surface area contributed by atoms with Crippen molar-refractivity contribution < 1.29 is 72.7 Å². The molecule has 0 N–H and O–H groups in total. The predicted molar refractivity (Wildman–Crippen MR) is 136 cm³/mol. The maximum Gasteiger partial charge on any atom is 1.00 e. The van der Waals surface area contributed by atoms with Gasteiger partial charge in [0.25, 0.3) is 0 Å². The van der Waals surface area contributed by atoms with E-state index in [4.69, 9.17) is 28.4 Å². The number of aryl methyl sites for hydroxylation is 1. The number of methoxy groups -OCH3 is 4. The van der Waals surface area contributed by atoms with E-state index in [0.29, 0.717) is 45.6 Å². The SMILES string of the molecule is COc1ccc(C(=O)/C(Cc2cc(OC)c(OC)c(OC)c2)=C(\C(=O)[O-])c2ccc3c(c2)OCO3)cc1C.[Na+]. The number of carboxylic acid groups (broad SMARTS) is 1. The van der Waals surface area contributed by atoms with Crippen molar-refractivity contribution in [1.82, 2.24) is 0 Å². The van der Waals surface area contributed by atoms with Crippen LogP contribution in [0.1, 0.15) is 27.0 Å². The van der Waals surface area contributed by atoms with E-state index in [0.717, 1.165) is 5.56 Å². The number of hydrogen-bond acceptors (Lipinski definition) is 9. The molecule has 0 unspecified atom stereocenters. The summed E-state index contributed by atoms with van der Waals surface area (Å²) in [4.78, 5) is 26.6. The average molecular weight is 543 g/mol. The van der Waals surface area contributed by atoms with Gasteiger partial charge in [0.2, 0.25) is 12.5 Å². The Kier molecular flexibility index (Phi) is 9.91. The number of allylic oxidation sites excluding steroid dienone is 1. The first-order chi connectivity index (χ1) is 18.3. The van der Waals surface area contributed by atoms with Crippen LogP contribution >= 0.6 is 0 Å². The molecule has 198 valence electrons. The number of carboxylic acids is 1. The van der Waals surface area contributed by atoms with Gasteiger partial charge in [-0.15, -0.1) is 0 Å². The number of ketones is 1.